The highest BCUT2D eigenvalue weighted by atomic mass is 15.1. The van der Waals surface area contributed by atoms with E-state index >= 15 is 0 Å². The molecule has 1 aromatic carbocycles. The molecule has 0 radical (unpaired) electrons. The molecule has 78 valence electrons. The van der Waals surface area contributed by atoms with Gasteiger partial charge in [0, 0.05) is 7.05 Å². The minimum Gasteiger partial charge on any atom is -0.330 e. The summed E-state index contributed by atoms with van der Waals surface area (Å²) in [5.41, 5.74) is 8.40. The molecule has 3 nitrogen and oxygen atoms in total. The van der Waals surface area contributed by atoms with Crippen molar-refractivity contribution >= 4 is 11.0 Å². The van der Waals surface area contributed by atoms with Gasteiger partial charge < -0.3 is 10.3 Å². The van der Waals surface area contributed by atoms with Crippen LogP contribution in [0.1, 0.15) is 24.7 Å². The van der Waals surface area contributed by atoms with Gasteiger partial charge in [-0.05, 0) is 30.9 Å². The number of para-hydroxylation sites is 2. The molecule has 2 N–H and O–H groups in total. The van der Waals surface area contributed by atoms with Crippen molar-refractivity contribution in [1.29, 1.82) is 0 Å². The zero-order valence-corrected chi connectivity index (χ0v) is 8.85. The van der Waals surface area contributed by atoms with Crippen molar-refractivity contribution in [2.75, 3.05) is 0 Å². The van der Waals surface area contributed by atoms with Gasteiger partial charge in [-0.1, -0.05) is 12.1 Å². The summed E-state index contributed by atoms with van der Waals surface area (Å²) in [5, 5.41) is 0. The minimum atomic E-state index is 0.113. The van der Waals surface area contributed by atoms with E-state index in [0.717, 1.165) is 11.3 Å². The molecule has 0 spiro atoms. The van der Waals surface area contributed by atoms with Crippen molar-refractivity contribution in [3.8, 4) is 0 Å². The van der Waals surface area contributed by atoms with Crippen molar-refractivity contribution in [2.45, 2.75) is 18.9 Å². The first kappa shape index (κ1) is 8.92. The molecule has 1 fully saturated rings. The number of nitrogens with two attached hydrogens (primary N) is 1. The predicted molar refractivity (Wildman–Crippen MR) is 60.4 cm³/mol. The van der Waals surface area contributed by atoms with Crippen LogP contribution < -0.4 is 5.73 Å². The fourth-order valence-corrected chi connectivity index (χ4v) is 2.13. The Morgan fingerprint density at radius 2 is 2.13 bits per heavy atom. The first-order chi connectivity index (χ1) is 7.27. The summed E-state index contributed by atoms with van der Waals surface area (Å²) in [4.78, 5) is 4.61. The molecule has 0 saturated heterocycles. The summed E-state index contributed by atoms with van der Waals surface area (Å²) < 4.78 is 2.12. The number of rotatable bonds is 2. The van der Waals surface area contributed by atoms with Crippen LogP contribution in [0.4, 0.5) is 0 Å². The van der Waals surface area contributed by atoms with E-state index in [1.54, 1.807) is 0 Å². The monoisotopic (exact) mass is 201 g/mol. The smallest absolute Gasteiger partial charge is 0.126 e. The van der Waals surface area contributed by atoms with Crippen molar-refractivity contribution in [2.24, 2.45) is 18.7 Å². The van der Waals surface area contributed by atoms with Gasteiger partial charge in [0.05, 0.1) is 17.1 Å². The number of aryl methyl sites for hydroxylation is 1. The van der Waals surface area contributed by atoms with E-state index in [4.69, 9.17) is 5.73 Å². The molecular formula is C12H15N3. The molecule has 0 bridgehead atoms. The van der Waals surface area contributed by atoms with Crippen LogP contribution in [0.25, 0.3) is 11.0 Å². The summed E-state index contributed by atoms with van der Waals surface area (Å²) in [5.74, 6) is 1.68. The molecule has 0 aliphatic heterocycles. The van der Waals surface area contributed by atoms with E-state index < -0.39 is 0 Å². The first-order valence-corrected chi connectivity index (χ1v) is 5.44. The van der Waals surface area contributed by atoms with E-state index in [1.165, 1.54) is 18.4 Å². The van der Waals surface area contributed by atoms with Crippen molar-refractivity contribution in [3.63, 3.8) is 0 Å². The van der Waals surface area contributed by atoms with Crippen LogP contribution in [0, 0.1) is 5.92 Å². The van der Waals surface area contributed by atoms with Crippen LogP contribution in [0.5, 0.6) is 0 Å². The summed E-state index contributed by atoms with van der Waals surface area (Å²) in [6.45, 7) is 0. The zero-order chi connectivity index (χ0) is 10.4. The molecule has 1 unspecified atom stereocenters. The highest BCUT2D eigenvalue weighted by Crippen LogP contribution is 2.39. The van der Waals surface area contributed by atoms with Gasteiger partial charge in [-0.3, -0.25) is 0 Å². The average Bonchev–Trinajstić information content (AvgIpc) is 3.04. The number of aromatic nitrogens is 2. The summed E-state index contributed by atoms with van der Waals surface area (Å²) in [6.07, 6.45) is 2.51. The van der Waals surface area contributed by atoms with Crippen LogP contribution in [-0.4, -0.2) is 9.55 Å². The zero-order valence-electron chi connectivity index (χ0n) is 8.85. The summed E-state index contributed by atoms with van der Waals surface area (Å²) in [7, 11) is 2.05. The minimum absolute atomic E-state index is 0.113. The Morgan fingerprint density at radius 1 is 1.40 bits per heavy atom. The Bertz CT molecular complexity index is 497. The highest BCUT2D eigenvalue weighted by Gasteiger charge is 2.32. The van der Waals surface area contributed by atoms with Crippen LogP contribution in [0.3, 0.4) is 0 Å². The van der Waals surface area contributed by atoms with E-state index in [2.05, 4.69) is 15.6 Å². The molecule has 3 heteroatoms. The van der Waals surface area contributed by atoms with E-state index in [0.29, 0.717) is 5.92 Å². The lowest BCUT2D eigenvalue weighted by Crippen LogP contribution is -2.17. The van der Waals surface area contributed by atoms with E-state index in [-0.39, 0.29) is 6.04 Å². The Kier molecular flexibility index (Phi) is 1.83. The van der Waals surface area contributed by atoms with Gasteiger partial charge in [0.15, 0.2) is 0 Å². The third-order valence-corrected chi connectivity index (χ3v) is 3.25. The topological polar surface area (TPSA) is 43.8 Å². The van der Waals surface area contributed by atoms with Gasteiger partial charge in [0.2, 0.25) is 0 Å². The van der Waals surface area contributed by atoms with Crippen LogP contribution >= 0.6 is 0 Å². The fourth-order valence-electron chi connectivity index (χ4n) is 2.13. The molecule has 1 saturated carbocycles. The Morgan fingerprint density at radius 3 is 2.80 bits per heavy atom. The maximum atomic E-state index is 6.18. The Balaban J connectivity index is 2.14. The van der Waals surface area contributed by atoms with Crippen LogP contribution in [-0.2, 0) is 7.05 Å². The fraction of sp³-hybridized carbons (Fsp3) is 0.417. The van der Waals surface area contributed by atoms with Crippen molar-refractivity contribution in [3.05, 3.63) is 30.1 Å². The third kappa shape index (κ3) is 1.35. The highest BCUT2D eigenvalue weighted by molar-refractivity contribution is 5.75. The van der Waals surface area contributed by atoms with E-state index in [1.807, 2.05) is 25.2 Å². The van der Waals surface area contributed by atoms with Gasteiger partial charge >= 0.3 is 0 Å². The van der Waals surface area contributed by atoms with Gasteiger partial charge in [-0.2, -0.15) is 0 Å². The van der Waals surface area contributed by atoms with Crippen LogP contribution in [0.2, 0.25) is 0 Å². The maximum Gasteiger partial charge on any atom is 0.126 e. The van der Waals surface area contributed by atoms with Gasteiger partial charge in [0.25, 0.3) is 0 Å². The molecule has 1 aliphatic rings. The number of fused-ring (bicyclic) bond motifs is 1. The number of benzene rings is 1. The molecule has 1 heterocycles. The number of hydrogen-bond donors (Lipinski definition) is 1. The molecule has 1 aliphatic carbocycles. The maximum absolute atomic E-state index is 6.18. The molecule has 2 aromatic rings. The van der Waals surface area contributed by atoms with Crippen molar-refractivity contribution in [1.82, 2.24) is 9.55 Å². The van der Waals surface area contributed by atoms with Crippen molar-refractivity contribution < 1.29 is 0 Å². The second-order valence-corrected chi connectivity index (χ2v) is 4.38. The standard InChI is InChI=1S/C12H15N3/c1-15-10-5-3-2-4-9(10)14-12(15)11(13)8-6-7-8/h2-5,8,11H,6-7,13H2,1H3. The second kappa shape index (κ2) is 3.07. The number of imidazole rings is 1. The Hall–Kier alpha value is -1.35. The SMILES string of the molecule is Cn1c(C(N)C2CC2)nc2ccccc21. The third-order valence-electron chi connectivity index (χ3n) is 3.25. The van der Waals surface area contributed by atoms with Gasteiger partial charge in [-0.15, -0.1) is 0 Å². The summed E-state index contributed by atoms with van der Waals surface area (Å²) >= 11 is 0. The lowest BCUT2D eigenvalue weighted by Gasteiger charge is -2.09. The molecule has 0 amide bonds. The average molecular weight is 201 g/mol. The first-order valence-electron chi connectivity index (χ1n) is 5.44. The number of hydrogen-bond acceptors (Lipinski definition) is 2. The quantitative estimate of drug-likeness (QED) is 0.807. The molecule has 1 atom stereocenters. The predicted octanol–water partition coefficient (Wildman–Crippen LogP) is 1.98. The number of nitrogens with zero attached hydrogens (tertiary/aromatic N) is 2. The molecule has 1 aromatic heterocycles. The van der Waals surface area contributed by atoms with Crippen LogP contribution in [0.15, 0.2) is 24.3 Å². The van der Waals surface area contributed by atoms with E-state index in [9.17, 15) is 0 Å². The largest absolute Gasteiger partial charge is 0.330 e. The molecule has 3 rings (SSSR count). The second-order valence-electron chi connectivity index (χ2n) is 4.38. The van der Waals surface area contributed by atoms with Gasteiger partial charge in [0.1, 0.15) is 5.82 Å². The molecular weight excluding hydrogens is 186 g/mol. The molecule has 15 heavy (non-hydrogen) atoms. The Labute approximate surface area is 88.9 Å². The van der Waals surface area contributed by atoms with Gasteiger partial charge in [-0.25, -0.2) is 4.98 Å². The lowest BCUT2D eigenvalue weighted by atomic mass is 10.2. The lowest BCUT2D eigenvalue weighted by molar-refractivity contribution is 0.574. The summed E-state index contributed by atoms with van der Waals surface area (Å²) in [6, 6.07) is 8.30. The normalized spacial score (nSPS) is 18.3.